The Kier molecular flexibility index (Phi) is 8.83. The molecule has 0 saturated carbocycles. The first-order chi connectivity index (χ1) is 14.8. The van der Waals surface area contributed by atoms with Crippen LogP contribution in [0.2, 0.25) is 0 Å². The molecule has 4 rings (SSSR count). The van der Waals surface area contributed by atoms with Gasteiger partial charge in [-0.3, -0.25) is 4.99 Å². The highest BCUT2D eigenvalue weighted by Crippen LogP contribution is 2.33. The van der Waals surface area contributed by atoms with Crippen molar-refractivity contribution < 1.29 is 9.84 Å². The molecule has 2 saturated heterocycles. The number of aliphatic imine (C=N–C) groups is 1. The largest absolute Gasteiger partial charge is 0.506 e. The number of nitrogens with zero attached hydrogens (tertiary/aromatic N) is 3. The monoisotopic (exact) mass is 536 g/mol. The van der Waals surface area contributed by atoms with Crippen LogP contribution >= 0.6 is 24.0 Å². The number of phenolic OH excluding ortho intramolecular Hbond substituents is 1. The predicted octanol–water partition coefficient (Wildman–Crippen LogP) is 3.88. The molecule has 0 bridgehead atoms. The summed E-state index contributed by atoms with van der Waals surface area (Å²) in [5, 5.41) is 13.7. The van der Waals surface area contributed by atoms with Gasteiger partial charge in [0.1, 0.15) is 5.75 Å². The molecule has 2 unspecified atom stereocenters. The molecular weight excluding hydrogens is 503 g/mol. The van der Waals surface area contributed by atoms with Gasteiger partial charge in [-0.25, -0.2) is 0 Å². The Morgan fingerprint density at radius 2 is 1.77 bits per heavy atom. The molecule has 0 radical (unpaired) electrons. The van der Waals surface area contributed by atoms with Crippen molar-refractivity contribution in [3.63, 3.8) is 0 Å². The van der Waals surface area contributed by atoms with Crippen molar-refractivity contribution in [2.45, 2.75) is 18.9 Å². The van der Waals surface area contributed by atoms with Crippen LogP contribution in [-0.2, 0) is 4.74 Å². The molecule has 31 heavy (non-hydrogen) atoms. The predicted molar refractivity (Wildman–Crippen MR) is 137 cm³/mol. The van der Waals surface area contributed by atoms with E-state index in [1.165, 1.54) is 5.56 Å². The number of piperazine rings is 1. The highest BCUT2D eigenvalue weighted by Gasteiger charge is 2.28. The second-order valence-electron chi connectivity index (χ2n) is 8.00. The number of anilines is 1. The third kappa shape index (κ3) is 5.83. The smallest absolute Gasteiger partial charge is 0.193 e. The van der Waals surface area contributed by atoms with Crippen LogP contribution in [0, 0.1) is 5.92 Å². The highest BCUT2D eigenvalue weighted by molar-refractivity contribution is 14.0. The first-order valence-electron chi connectivity index (χ1n) is 10.9. The average Bonchev–Trinajstić information content (AvgIpc) is 2.81. The van der Waals surface area contributed by atoms with Gasteiger partial charge in [0.05, 0.1) is 11.8 Å². The molecule has 7 heteroatoms. The Balaban J connectivity index is 0.00000272. The van der Waals surface area contributed by atoms with Crippen LogP contribution in [0.5, 0.6) is 5.75 Å². The molecule has 0 aliphatic carbocycles. The van der Waals surface area contributed by atoms with Gasteiger partial charge >= 0.3 is 0 Å². The standard InChI is InChI=1S/C24H32N4O2.HI/c1-25-24(28-15-13-27(14-16-28)21-11-5-6-12-22(21)29)26-18-20-10-7-17-30-23(20)19-8-3-2-4-9-19;/h2-6,8-9,11-12,20,23,29H,7,10,13-18H2,1H3,(H,25,26);1H. The number of hydrogen-bond donors (Lipinski definition) is 2. The van der Waals surface area contributed by atoms with Crippen LogP contribution in [0.15, 0.2) is 59.6 Å². The number of phenols is 1. The normalized spacial score (nSPS) is 22.0. The molecule has 0 amide bonds. The molecule has 2 N–H and O–H groups in total. The lowest BCUT2D eigenvalue weighted by Gasteiger charge is -2.39. The van der Waals surface area contributed by atoms with E-state index < -0.39 is 0 Å². The van der Waals surface area contributed by atoms with Gasteiger partial charge in [0.15, 0.2) is 5.96 Å². The zero-order chi connectivity index (χ0) is 20.8. The first kappa shape index (κ1) is 23.7. The van der Waals surface area contributed by atoms with Gasteiger partial charge in [-0.2, -0.15) is 0 Å². The number of halogens is 1. The van der Waals surface area contributed by atoms with E-state index in [1.54, 1.807) is 6.07 Å². The Bertz CT molecular complexity index is 840. The molecule has 2 aromatic carbocycles. The van der Waals surface area contributed by atoms with Crippen LogP contribution in [0.1, 0.15) is 24.5 Å². The number of para-hydroxylation sites is 2. The topological polar surface area (TPSA) is 60.3 Å². The Hall–Kier alpha value is -2.00. The van der Waals surface area contributed by atoms with E-state index >= 15 is 0 Å². The third-order valence-corrected chi connectivity index (χ3v) is 6.11. The summed E-state index contributed by atoms with van der Waals surface area (Å²) >= 11 is 0. The molecule has 2 heterocycles. The summed E-state index contributed by atoms with van der Waals surface area (Å²) in [6.07, 6.45) is 2.40. The van der Waals surface area contributed by atoms with Crippen molar-refractivity contribution in [3.8, 4) is 5.75 Å². The number of guanidine groups is 1. The van der Waals surface area contributed by atoms with Gasteiger partial charge < -0.3 is 25.0 Å². The molecule has 2 aliphatic rings. The fourth-order valence-electron chi connectivity index (χ4n) is 4.51. The van der Waals surface area contributed by atoms with Gasteiger partial charge in [0.25, 0.3) is 0 Å². The molecule has 2 aliphatic heterocycles. The first-order valence-corrected chi connectivity index (χ1v) is 10.9. The van der Waals surface area contributed by atoms with Gasteiger partial charge in [0.2, 0.25) is 0 Å². The number of aromatic hydroxyl groups is 1. The van der Waals surface area contributed by atoms with Crippen LogP contribution in [0.3, 0.4) is 0 Å². The summed E-state index contributed by atoms with van der Waals surface area (Å²) in [6, 6.07) is 18.1. The molecule has 2 fully saturated rings. The minimum atomic E-state index is 0. The minimum absolute atomic E-state index is 0. The summed E-state index contributed by atoms with van der Waals surface area (Å²) < 4.78 is 6.14. The van der Waals surface area contributed by atoms with Gasteiger partial charge in [0, 0.05) is 52.3 Å². The maximum atomic E-state index is 10.1. The van der Waals surface area contributed by atoms with Gasteiger partial charge in [-0.1, -0.05) is 42.5 Å². The second-order valence-corrected chi connectivity index (χ2v) is 8.00. The summed E-state index contributed by atoms with van der Waals surface area (Å²) in [5.41, 5.74) is 2.17. The van der Waals surface area contributed by atoms with E-state index in [1.807, 2.05) is 25.2 Å². The van der Waals surface area contributed by atoms with Gasteiger partial charge in [-0.15, -0.1) is 24.0 Å². The Morgan fingerprint density at radius 1 is 1.06 bits per heavy atom. The highest BCUT2D eigenvalue weighted by atomic mass is 127. The van der Waals surface area contributed by atoms with Crippen molar-refractivity contribution in [1.82, 2.24) is 10.2 Å². The number of benzene rings is 2. The van der Waals surface area contributed by atoms with Crippen LogP contribution in [-0.4, -0.2) is 62.3 Å². The molecule has 6 nitrogen and oxygen atoms in total. The van der Waals surface area contributed by atoms with E-state index in [0.29, 0.717) is 11.7 Å². The SMILES string of the molecule is CN=C(NCC1CCCOC1c1ccccc1)N1CCN(c2ccccc2O)CC1.I. The van der Waals surface area contributed by atoms with Crippen molar-refractivity contribution in [2.24, 2.45) is 10.9 Å². The summed E-state index contributed by atoms with van der Waals surface area (Å²) in [5.74, 6) is 1.72. The van der Waals surface area contributed by atoms with Crippen LogP contribution < -0.4 is 10.2 Å². The zero-order valence-corrected chi connectivity index (χ0v) is 20.4. The molecular formula is C24H33IN4O2. The quantitative estimate of drug-likeness (QED) is 0.353. The van der Waals surface area contributed by atoms with Crippen LogP contribution in [0.25, 0.3) is 0 Å². The zero-order valence-electron chi connectivity index (χ0n) is 18.1. The fourth-order valence-corrected chi connectivity index (χ4v) is 4.51. The molecule has 0 spiro atoms. The average molecular weight is 536 g/mol. The van der Waals surface area contributed by atoms with E-state index in [0.717, 1.165) is 63.8 Å². The van der Waals surface area contributed by atoms with Crippen molar-refractivity contribution >= 4 is 35.6 Å². The van der Waals surface area contributed by atoms with E-state index in [2.05, 4.69) is 50.4 Å². The number of hydrogen-bond acceptors (Lipinski definition) is 4. The maximum absolute atomic E-state index is 10.1. The minimum Gasteiger partial charge on any atom is -0.506 e. The van der Waals surface area contributed by atoms with Crippen molar-refractivity contribution in [1.29, 1.82) is 0 Å². The second kappa shape index (κ2) is 11.6. The maximum Gasteiger partial charge on any atom is 0.193 e. The lowest BCUT2D eigenvalue weighted by molar-refractivity contribution is -0.0266. The number of ether oxygens (including phenoxy) is 1. The molecule has 0 aromatic heterocycles. The van der Waals surface area contributed by atoms with Crippen LogP contribution in [0.4, 0.5) is 5.69 Å². The molecule has 2 aromatic rings. The van der Waals surface area contributed by atoms with E-state index in [4.69, 9.17) is 4.74 Å². The van der Waals surface area contributed by atoms with Crippen molar-refractivity contribution in [3.05, 3.63) is 60.2 Å². The summed E-state index contributed by atoms with van der Waals surface area (Å²) in [6.45, 7) is 5.15. The summed E-state index contributed by atoms with van der Waals surface area (Å²) in [4.78, 5) is 9.07. The number of rotatable bonds is 4. The van der Waals surface area contributed by atoms with Gasteiger partial charge in [-0.05, 0) is 30.5 Å². The summed E-state index contributed by atoms with van der Waals surface area (Å²) in [7, 11) is 1.85. The third-order valence-electron chi connectivity index (χ3n) is 6.11. The number of nitrogens with one attached hydrogen (secondary N) is 1. The van der Waals surface area contributed by atoms with E-state index in [9.17, 15) is 5.11 Å². The molecule has 2 atom stereocenters. The Labute approximate surface area is 202 Å². The Morgan fingerprint density at radius 3 is 2.48 bits per heavy atom. The fraction of sp³-hybridized carbons (Fsp3) is 0.458. The van der Waals surface area contributed by atoms with Crippen molar-refractivity contribution in [2.75, 3.05) is 51.3 Å². The van der Waals surface area contributed by atoms with E-state index in [-0.39, 0.29) is 30.1 Å². The lowest BCUT2D eigenvalue weighted by Crippen LogP contribution is -2.53. The lowest BCUT2D eigenvalue weighted by atomic mass is 9.89. The molecule has 168 valence electrons.